The van der Waals surface area contributed by atoms with Gasteiger partial charge >= 0.3 is 0 Å². The Balaban J connectivity index is 0.00000128. The highest BCUT2D eigenvalue weighted by Crippen LogP contribution is 2.06. The molecule has 0 aliphatic carbocycles. The molecule has 16 heavy (non-hydrogen) atoms. The van der Waals surface area contributed by atoms with Gasteiger partial charge in [0.25, 0.3) is 0 Å². The van der Waals surface area contributed by atoms with Crippen molar-refractivity contribution >= 4 is 29.6 Å². The number of aromatic nitrogens is 1. The fraction of sp³-hybridized carbons (Fsp3) is 0.0833. The molecule has 0 spiro atoms. The topological polar surface area (TPSA) is 30.9 Å². The molecule has 2 nitrogen and oxygen atoms in total. The van der Waals surface area contributed by atoms with Gasteiger partial charge in [-0.15, -0.1) is 12.4 Å². The molecular formula is C12H13ClN2S. The molecule has 0 saturated heterocycles. The average molecular weight is 253 g/mol. The summed E-state index contributed by atoms with van der Waals surface area (Å²) >= 11 is 4.90. The Kier molecular flexibility index (Phi) is 4.52. The maximum Gasteiger partial charge on any atom is 0.105 e. The maximum absolute atomic E-state index is 5.54. The zero-order chi connectivity index (χ0) is 10.7. The molecule has 0 saturated carbocycles. The third kappa shape index (κ3) is 3.08. The van der Waals surface area contributed by atoms with Gasteiger partial charge in [-0.25, -0.2) is 0 Å². The van der Waals surface area contributed by atoms with Crippen LogP contribution in [0, 0.1) is 0 Å². The molecule has 0 bridgehead atoms. The van der Waals surface area contributed by atoms with Gasteiger partial charge in [-0.2, -0.15) is 0 Å². The van der Waals surface area contributed by atoms with Gasteiger partial charge in [0.05, 0.1) is 0 Å². The van der Waals surface area contributed by atoms with Crippen LogP contribution in [0.3, 0.4) is 0 Å². The highest BCUT2D eigenvalue weighted by molar-refractivity contribution is 7.80. The fourth-order valence-corrected chi connectivity index (χ4v) is 1.60. The Bertz CT molecular complexity index is 465. The summed E-state index contributed by atoms with van der Waals surface area (Å²) in [5.41, 5.74) is 7.72. The van der Waals surface area contributed by atoms with E-state index in [1.807, 2.05) is 36.7 Å². The van der Waals surface area contributed by atoms with Crippen LogP contribution in [-0.4, -0.2) is 9.56 Å². The predicted molar refractivity (Wildman–Crippen MR) is 73.1 cm³/mol. The van der Waals surface area contributed by atoms with Crippen LogP contribution in [0.25, 0.3) is 0 Å². The summed E-state index contributed by atoms with van der Waals surface area (Å²) in [7, 11) is 0. The van der Waals surface area contributed by atoms with Crippen LogP contribution < -0.4 is 5.73 Å². The molecule has 1 aromatic carbocycles. The highest BCUT2D eigenvalue weighted by atomic mass is 35.5. The van der Waals surface area contributed by atoms with Gasteiger partial charge in [-0.1, -0.05) is 42.5 Å². The van der Waals surface area contributed by atoms with E-state index in [4.69, 9.17) is 18.0 Å². The quantitative estimate of drug-likeness (QED) is 0.852. The molecule has 0 fully saturated rings. The van der Waals surface area contributed by atoms with Crippen molar-refractivity contribution in [1.82, 2.24) is 4.57 Å². The fourth-order valence-electron chi connectivity index (χ4n) is 1.48. The van der Waals surface area contributed by atoms with Crippen molar-refractivity contribution in [3.63, 3.8) is 0 Å². The number of hydrogen-bond acceptors (Lipinski definition) is 1. The van der Waals surface area contributed by atoms with E-state index in [0.29, 0.717) is 4.99 Å². The average Bonchev–Trinajstić information content (AvgIpc) is 2.68. The zero-order valence-electron chi connectivity index (χ0n) is 8.67. The van der Waals surface area contributed by atoms with Crippen molar-refractivity contribution in [2.24, 2.45) is 5.73 Å². The molecule has 2 N–H and O–H groups in total. The van der Waals surface area contributed by atoms with Gasteiger partial charge < -0.3 is 10.3 Å². The van der Waals surface area contributed by atoms with Crippen molar-refractivity contribution in [3.05, 3.63) is 59.9 Å². The lowest BCUT2D eigenvalue weighted by Crippen LogP contribution is -2.08. The lowest BCUT2D eigenvalue weighted by atomic mass is 10.2. The summed E-state index contributed by atoms with van der Waals surface area (Å²) < 4.78 is 2.07. The molecule has 0 aliphatic heterocycles. The van der Waals surface area contributed by atoms with Crippen molar-refractivity contribution < 1.29 is 0 Å². The minimum absolute atomic E-state index is 0. The van der Waals surface area contributed by atoms with E-state index >= 15 is 0 Å². The van der Waals surface area contributed by atoms with E-state index in [2.05, 4.69) is 16.7 Å². The van der Waals surface area contributed by atoms with Crippen molar-refractivity contribution in [3.8, 4) is 0 Å². The lowest BCUT2D eigenvalue weighted by molar-refractivity contribution is 0.806. The number of benzene rings is 1. The van der Waals surface area contributed by atoms with E-state index in [-0.39, 0.29) is 12.4 Å². The summed E-state index contributed by atoms with van der Waals surface area (Å²) in [6, 6.07) is 12.2. The van der Waals surface area contributed by atoms with E-state index in [0.717, 1.165) is 12.1 Å². The van der Waals surface area contributed by atoms with Gasteiger partial charge in [0.2, 0.25) is 0 Å². The van der Waals surface area contributed by atoms with Crippen LogP contribution in [0.1, 0.15) is 11.1 Å². The number of rotatable bonds is 3. The van der Waals surface area contributed by atoms with Gasteiger partial charge in [0.1, 0.15) is 4.99 Å². The standard InChI is InChI=1S/C12H12N2S.ClH/c13-12(15)11-6-7-14(9-11)8-10-4-2-1-3-5-10;/h1-7,9H,8H2,(H2,13,15);1H. The molecule has 2 rings (SSSR count). The van der Waals surface area contributed by atoms with Gasteiger partial charge in [-0.3, -0.25) is 0 Å². The Morgan fingerprint density at radius 2 is 1.88 bits per heavy atom. The molecule has 1 heterocycles. The summed E-state index contributed by atoms with van der Waals surface area (Å²) in [5, 5.41) is 0. The minimum Gasteiger partial charge on any atom is -0.389 e. The van der Waals surface area contributed by atoms with Crippen LogP contribution in [0.15, 0.2) is 48.8 Å². The second kappa shape index (κ2) is 5.68. The molecule has 0 radical (unpaired) electrons. The van der Waals surface area contributed by atoms with E-state index in [9.17, 15) is 0 Å². The van der Waals surface area contributed by atoms with E-state index in [1.54, 1.807) is 0 Å². The van der Waals surface area contributed by atoms with Crippen LogP contribution in [0.5, 0.6) is 0 Å². The first-order valence-corrected chi connectivity index (χ1v) is 5.16. The number of thiocarbonyl (C=S) groups is 1. The molecule has 4 heteroatoms. The molecule has 0 unspecified atom stereocenters. The maximum atomic E-state index is 5.54. The summed E-state index contributed by atoms with van der Waals surface area (Å²) in [6.45, 7) is 0.851. The molecule has 0 aliphatic rings. The Morgan fingerprint density at radius 1 is 1.19 bits per heavy atom. The van der Waals surface area contributed by atoms with Crippen molar-refractivity contribution in [2.75, 3.05) is 0 Å². The van der Waals surface area contributed by atoms with Crippen LogP contribution in [0.4, 0.5) is 0 Å². The smallest absolute Gasteiger partial charge is 0.105 e. The number of nitrogens with zero attached hydrogens (tertiary/aromatic N) is 1. The molecule has 0 atom stereocenters. The lowest BCUT2D eigenvalue weighted by Gasteiger charge is -2.02. The monoisotopic (exact) mass is 252 g/mol. The Labute approximate surface area is 106 Å². The third-order valence-corrected chi connectivity index (χ3v) is 2.48. The normalized spacial score (nSPS) is 9.50. The first-order chi connectivity index (χ1) is 7.25. The SMILES string of the molecule is Cl.NC(=S)c1ccn(Cc2ccccc2)c1. The van der Waals surface area contributed by atoms with Crippen LogP contribution in [0.2, 0.25) is 0 Å². The molecule has 84 valence electrons. The minimum atomic E-state index is 0. The third-order valence-electron chi connectivity index (χ3n) is 2.24. The highest BCUT2D eigenvalue weighted by Gasteiger charge is 1.99. The van der Waals surface area contributed by atoms with Gasteiger partial charge in [0.15, 0.2) is 0 Å². The summed E-state index contributed by atoms with van der Waals surface area (Å²) in [6.07, 6.45) is 3.96. The zero-order valence-corrected chi connectivity index (χ0v) is 10.3. The van der Waals surface area contributed by atoms with Crippen LogP contribution >= 0.6 is 24.6 Å². The first-order valence-electron chi connectivity index (χ1n) is 4.75. The second-order valence-electron chi connectivity index (χ2n) is 3.42. The van der Waals surface area contributed by atoms with E-state index < -0.39 is 0 Å². The molecule has 2 aromatic rings. The first kappa shape index (κ1) is 12.7. The van der Waals surface area contributed by atoms with Crippen molar-refractivity contribution in [1.29, 1.82) is 0 Å². The molecule has 0 amide bonds. The number of nitrogens with two attached hydrogens (primary N) is 1. The largest absolute Gasteiger partial charge is 0.389 e. The Hall–Kier alpha value is -1.32. The predicted octanol–water partition coefficient (Wildman–Crippen LogP) is 2.59. The van der Waals surface area contributed by atoms with E-state index in [1.165, 1.54) is 5.56 Å². The Morgan fingerprint density at radius 3 is 2.44 bits per heavy atom. The second-order valence-corrected chi connectivity index (χ2v) is 3.86. The molecule has 1 aromatic heterocycles. The van der Waals surface area contributed by atoms with Crippen molar-refractivity contribution in [2.45, 2.75) is 6.54 Å². The number of hydrogen-bond donors (Lipinski definition) is 1. The summed E-state index contributed by atoms with van der Waals surface area (Å²) in [4.78, 5) is 0.446. The van der Waals surface area contributed by atoms with Crippen LogP contribution in [-0.2, 0) is 6.54 Å². The van der Waals surface area contributed by atoms with Gasteiger partial charge in [-0.05, 0) is 11.6 Å². The summed E-state index contributed by atoms with van der Waals surface area (Å²) in [5.74, 6) is 0. The molecular weight excluding hydrogens is 240 g/mol. The number of halogens is 1. The van der Waals surface area contributed by atoms with Gasteiger partial charge in [0, 0.05) is 24.5 Å².